The molecule has 126 valence electrons. The Hall–Kier alpha value is -3.35. The number of nitrogens with zero attached hydrogens (tertiary/aromatic N) is 2. The van der Waals surface area contributed by atoms with Crippen LogP contribution in [0, 0.1) is 11.6 Å². The van der Waals surface area contributed by atoms with Crippen LogP contribution in [0.15, 0.2) is 60.7 Å². The summed E-state index contributed by atoms with van der Waals surface area (Å²) >= 11 is 0. The van der Waals surface area contributed by atoms with Gasteiger partial charge >= 0.3 is 0 Å². The molecule has 1 amide bonds. The van der Waals surface area contributed by atoms with Gasteiger partial charge in [0.15, 0.2) is 11.6 Å². The van der Waals surface area contributed by atoms with E-state index in [1.165, 1.54) is 18.2 Å². The van der Waals surface area contributed by atoms with Gasteiger partial charge in [-0.15, -0.1) is 10.2 Å². The lowest BCUT2D eigenvalue weighted by Gasteiger charge is -2.07. The van der Waals surface area contributed by atoms with Crippen molar-refractivity contribution in [1.82, 2.24) is 10.2 Å². The highest BCUT2D eigenvalue weighted by Crippen LogP contribution is 2.18. The van der Waals surface area contributed by atoms with Crippen LogP contribution in [0.1, 0.15) is 5.56 Å². The molecule has 1 aromatic heterocycles. The highest BCUT2D eigenvalue weighted by Gasteiger charge is 2.09. The summed E-state index contributed by atoms with van der Waals surface area (Å²) in [5.74, 6) is -0.702. The maximum Gasteiger partial charge on any atom is 0.230 e. The van der Waals surface area contributed by atoms with Crippen LogP contribution < -0.4 is 10.6 Å². The molecule has 0 saturated carbocycles. The Balaban J connectivity index is 1.62. The zero-order chi connectivity index (χ0) is 17.6. The fourth-order valence-corrected chi connectivity index (χ4v) is 2.17. The van der Waals surface area contributed by atoms with Crippen molar-refractivity contribution >= 4 is 23.2 Å². The van der Waals surface area contributed by atoms with E-state index in [2.05, 4.69) is 20.8 Å². The van der Waals surface area contributed by atoms with Gasteiger partial charge in [-0.05, 0) is 35.9 Å². The summed E-state index contributed by atoms with van der Waals surface area (Å²) in [5.41, 5.74) is 0.568. The second kappa shape index (κ2) is 7.48. The monoisotopic (exact) mass is 340 g/mol. The van der Waals surface area contributed by atoms with E-state index < -0.39 is 17.5 Å². The molecule has 0 fully saturated rings. The molecule has 0 saturated heterocycles. The van der Waals surface area contributed by atoms with Gasteiger partial charge in [-0.25, -0.2) is 8.78 Å². The Kier molecular flexibility index (Phi) is 4.94. The number of hydrogen-bond donors (Lipinski definition) is 2. The van der Waals surface area contributed by atoms with Gasteiger partial charge in [0, 0.05) is 0 Å². The van der Waals surface area contributed by atoms with Crippen molar-refractivity contribution < 1.29 is 13.6 Å². The zero-order valence-corrected chi connectivity index (χ0v) is 13.0. The minimum absolute atomic E-state index is 0.108. The summed E-state index contributed by atoms with van der Waals surface area (Å²) in [6.45, 7) is 0. The number of aromatic nitrogens is 2. The van der Waals surface area contributed by atoms with E-state index in [4.69, 9.17) is 0 Å². The summed E-state index contributed by atoms with van der Waals surface area (Å²) in [6, 6.07) is 15.3. The third-order valence-electron chi connectivity index (χ3n) is 3.38. The van der Waals surface area contributed by atoms with Crippen LogP contribution in [0.5, 0.6) is 0 Å². The molecule has 0 unspecified atom stereocenters. The van der Waals surface area contributed by atoms with Crippen LogP contribution in [-0.2, 0) is 11.2 Å². The normalized spacial score (nSPS) is 10.3. The molecule has 0 aliphatic carbocycles. The minimum Gasteiger partial charge on any atom is -0.336 e. The average molecular weight is 340 g/mol. The second-order valence-corrected chi connectivity index (χ2v) is 5.23. The van der Waals surface area contributed by atoms with E-state index in [0.717, 1.165) is 0 Å². The number of rotatable bonds is 5. The summed E-state index contributed by atoms with van der Waals surface area (Å²) in [7, 11) is 0. The Labute approximate surface area is 142 Å². The van der Waals surface area contributed by atoms with Gasteiger partial charge in [-0.1, -0.05) is 30.3 Å². The molecule has 7 heteroatoms. The first-order chi connectivity index (χ1) is 12.1. The van der Waals surface area contributed by atoms with Crippen molar-refractivity contribution in [3.8, 4) is 0 Å². The van der Waals surface area contributed by atoms with E-state index in [0.29, 0.717) is 11.4 Å². The number of carbonyl (C=O) groups excluding carboxylic acids is 1. The lowest BCUT2D eigenvalue weighted by Crippen LogP contribution is -2.16. The van der Waals surface area contributed by atoms with E-state index in [9.17, 15) is 13.6 Å². The number of amides is 1. The molecule has 0 bridgehead atoms. The van der Waals surface area contributed by atoms with Crippen LogP contribution in [0.3, 0.4) is 0 Å². The lowest BCUT2D eigenvalue weighted by molar-refractivity contribution is -0.115. The van der Waals surface area contributed by atoms with Crippen molar-refractivity contribution in [2.75, 3.05) is 10.6 Å². The summed E-state index contributed by atoms with van der Waals surface area (Å²) in [5, 5.41) is 13.1. The molecule has 0 atom stereocenters. The van der Waals surface area contributed by atoms with Gasteiger partial charge in [0.05, 0.1) is 12.1 Å². The standard InChI is InChI=1S/C18H14F2N4O/c19-13-6-2-1-5-12(13)11-18(25)22-17-10-9-16(23-24-17)21-15-8-4-3-7-14(15)20/h1-10H,11H2,(H,21,23)(H,22,24,25). The third-order valence-corrected chi connectivity index (χ3v) is 3.38. The summed E-state index contributed by atoms with van der Waals surface area (Å²) in [6.07, 6.45) is -0.108. The van der Waals surface area contributed by atoms with Crippen LogP contribution in [-0.4, -0.2) is 16.1 Å². The summed E-state index contributed by atoms with van der Waals surface area (Å²) in [4.78, 5) is 11.9. The molecule has 25 heavy (non-hydrogen) atoms. The number of para-hydroxylation sites is 1. The molecule has 0 aliphatic heterocycles. The van der Waals surface area contributed by atoms with E-state index >= 15 is 0 Å². The molecular weight excluding hydrogens is 326 g/mol. The van der Waals surface area contributed by atoms with E-state index in [-0.39, 0.29) is 17.9 Å². The van der Waals surface area contributed by atoms with Gasteiger partial charge in [-0.2, -0.15) is 0 Å². The number of nitrogens with one attached hydrogen (secondary N) is 2. The van der Waals surface area contributed by atoms with Crippen LogP contribution in [0.25, 0.3) is 0 Å². The fraction of sp³-hybridized carbons (Fsp3) is 0.0556. The number of hydrogen-bond acceptors (Lipinski definition) is 4. The number of halogens is 2. The van der Waals surface area contributed by atoms with Gasteiger partial charge in [0.25, 0.3) is 0 Å². The Morgan fingerprint density at radius 3 is 2.16 bits per heavy atom. The molecule has 0 spiro atoms. The molecule has 1 heterocycles. The molecule has 0 radical (unpaired) electrons. The minimum atomic E-state index is -0.437. The van der Waals surface area contributed by atoms with Crippen LogP contribution in [0.4, 0.5) is 26.1 Å². The maximum atomic E-state index is 13.6. The van der Waals surface area contributed by atoms with Gasteiger partial charge < -0.3 is 10.6 Å². The molecule has 2 N–H and O–H groups in total. The number of carbonyl (C=O) groups is 1. The van der Waals surface area contributed by atoms with E-state index in [1.807, 2.05) is 0 Å². The Bertz CT molecular complexity index is 884. The predicted molar refractivity (Wildman–Crippen MR) is 90.4 cm³/mol. The number of benzene rings is 2. The summed E-state index contributed by atoms with van der Waals surface area (Å²) < 4.78 is 27.1. The fourth-order valence-electron chi connectivity index (χ4n) is 2.17. The third kappa shape index (κ3) is 4.35. The quantitative estimate of drug-likeness (QED) is 0.743. The maximum absolute atomic E-state index is 13.6. The van der Waals surface area contributed by atoms with Gasteiger partial charge in [0.1, 0.15) is 11.6 Å². The molecule has 2 aromatic carbocycles. The van der Waals surface area contributed by atoms with Gasteiger partial charge in [0.2, 0.25) is 5.91 Å². The zero-order valence-electron chi connectivity index (χ0n) is 13.0. The molecule has 3 rings (SSSR count). The highest BCUT2D eigenvalue weighted by atomic mass is 19.1. The number of anilines is 3. The molecule has 5 nitrogen and oxygen atoms in total. The second-order valence-electron chi connectivity index (χ2n) is 5.23. The van der Waals surface area contributed by atoms with Crippen molar-refractivity contribution in [1.29, 1.82) is 0 Å². The highest BCUT2D eigenvalue weighted by molar-refractivity contribution is 5.91. The first kappa shape index (κ1) is 16.5. The SMILES string of the molecule is O=C(Cc1ccccc1F)Nc1ccc(Nc2ccccc2F)nn1. The Morgan fingerprint density at radius 2 is 1.48 bits per heavy atom. The average Bonchev–Trinajstić information content (AvgIpc) is 2.61. The molecule has 0 aliphatic rings. The van der Waals surface area contributed by atoms with Crippen LogP contribution in [0.2, 0.25) is 0 Å². The predicted octanol–water partition coefficient (Wildman–Crippen LogP) is 3.68. The molecular formula is C18H14F2N4O. The van der Waals surface area contributed by atoms with Crippen molar-refractivity contribution in [2.24, 2.45) is 0 Å². The van der Waals surface area contributed by atoms with Crippen LogP contribution >= 0.6 is 0 Å². The Morgan fingerprint density at radius 1 is 0.840 bits per heavy atom. The van der Waals surface area contributed by atoms with Crippen molar-refractivity contribution in [3.63, 3.8) is 0 Å². The van der Waals surface area contributed by atoms with Crippen molar-refractivity contribution in [3.05, 3.63) is 77.9 Å². The van der Waals surface area contributed by atoms with Crippen molar-refractivity contribution in [2.45, 2.75) is 6.42 Å². The topological polar surface area (TPSA) is 66.9 Å². The smallest absolute Gasteiger partial charge is 0.230 e. The van der Waals surface area contributed by atoms with E-state index in [1.54, 1.807) is 42.5 Å². The lowest BCUT2D eigenvalue weighted by atomic mass is 10.1. The largest absolute Gasteiger partial charge is 0.336 e. The first-order valence-corrected chi connectivity index (χ1v) is 7.50. The molecule has 3 aromatic rings. The first-order valence-electron chi connectivity index (χ1n) is 7.50. The van der Waals surface area contributed by atoms with Gasteiger partial charge in [-0.3, -0.25) is 4.79 Å².